The molecule has 1 heterocycles. The molecule has 0 unspecified atom stereocenters. The number of carbonyl (C=O) groups excluding carboxylic acids is 2. The molecular formula is C9H16N2O3. The standard InChI is InChI=1S/C9H16N2O3/c1-7(14-8(2)12)9(13)11-5-3-10-4-6-11/h7,10H,3-6H2,1-2H3/t7-/m1/s1. The number of carbonyl (C=O) groups is 2. The highest BCUT2D eigenvalue weighted by Gasteiger charge is 2.23. The van der Waals surface area contributed by atoms with Crippen LogP contribution < -0.4 is 5.32 Å². The third kappa shape index (κ3) is 2.99. The lowest BCUT2D eigenvalue weighted by Crippen LogP contribution is -2.49. The normalized spacial score (nSPS) is 18.9. The van der Waals surface area contributed by atoms with Gasteiger partial charge in [0.2, 0.25) is 0 Å². The van der Waals surface area contributed by atoms with Crippen LogP contribution >= 0.6 is 0 Å². The van der Waals surface area contributed by atoms with Gasteiger partial charge in [0.25, 0.3) is 5.91 Å². The summed E-state index contributed by atoms with van der Waals surface area (Å²) in [5.41, 5.74) is 0. The third-order valence-electron chi connectivity index (χ3n) is 2.12. The molecule has 0 aliphatic carbocycles. The fourth-order valence-electron chi connectivity index (χ4n) is 1.44. The number of amides is 1. The molecule has 80 valence electrons. The predicted molar refractivity (Wildman–Crippen MR) is 50.7 cm³/mol. The molecular weight excluding hydrogens is 184 g/mol. The molecule has 1 aliphatic heterocycles. The molecule has 1 aliphatic rings. The summed E-state index contributed by atoms with van der Waals surface area (Å²) in [4.78, 5) is 24.0. The molecule has 1 N–H and O–H groups in total. The van der Waals surface area contributed by atoms with E-state index in [0.717, 1.165) is 13.1 Å². The maximum Gasteiger partial charge on any atom is 0.303 e. The van der Waals surface area contributed by atoms with E-state index in [2.05, 4.69) is 5.32 Å². The van der Waals surface area contributed by atoms with E-state index in [9.17, 15) is 9.59 Å². The second-order valence-electron chi connectivity index (χ2n) is 3.33. The van der Waals surface area contributed by atoms with E-state index < -0.39 is 12.1 Å². The van der Waals surface area contributed by atoms with Gasteiger partial charge in [-0.2, -0.15) is 0 Å². The fourth-order valence-corrected chi connectivity index (χ4v) is 1.44. The van der Waals surface area contributed by atoms with Crippen LogP contribution in [0.5, 0.6) is 0 Å². The Bertz CT molecular complexity index is 224. The zero-order valence-corrected chi connectivity index (χ0v) is 8.58. The van der Waals surface area contributed by atoms with Crippen LogP contribution in [0.3, 0.4) is 0 Å². The van der Waals surface area contributed by atoms with Gasteiger partial charge in [-0.1, -0.05) is 0 Å². The van der Waals surface area contributed by atoms with Crippen molar-refractivity contribution in [1.29, 1.82) is 0 Å². The van der Waals surface area contributed by atoms with E-state index in [1.165, 1.54) is 6.92 Å². The van der Waals surface area contributed by atoms with Crippen LogP contribution in [0.4, 0.5) is 0 Å². The molecule has 5 nitrogen and oxygen atoms in total. The van der Waals surface area contributed by atoms with Crippen LogP contribution in [0.15, 0.2) is 0 Å². The molecule has 1 fully saturated rings. The quantitative estimate of drug-likeness (QED) is 0.603. The Morgan fingerprint density at radius 2 is 1.93 bits per heavy atom. The molecule has 14 heavy (non-hydrogen) atoms. The molecule has 0 aromatic heterocycles. The Hall–Kier alpha value is -1.10. The highest BCUT2D eigenvalue weighted by Crippen LogP contribution is 2.01. The van der Waals surface area contributed by atoms with E-state index in [0.29, 0.717) is 13.1 Å². The van der Waals surface area contributed by atoms with Gasteiger partial charge in [0.05, 0.1) is 0 Å². The number of nitrogens with zero attached hydrogens (tertiary/aromatic N) is 1. The molecule has 0 bridgehead atoms. The summed E-state index contributed by atoms with van der Waals surface area (Å²) in [5.74, 6) is -0.525. The first kappa shape index (κ1) is 11.0. The van der Waals surface area contributed by atoms with Crippen LogP contribution in [0.2, 0.25) is 0 Å². The number of rotatable bonds is 2. The average Bonchev–Trinajstić information content (AvgIpc) is 2.17. The summed E-state index contributed by atoms with van der Waals surface area (Å²) >= 11 is 0. The Labute approximate surface area is 83.4 Å². The van der Waals surface area contributed by atoms with Crippen molar-refractivity contribution >= 4 is 11.9 Å². The Morgan fingerprint density at radius 3 is 2.43 bits per heavy atom. The smallest absolute Gasteiger partial charge is 0.303 e. The van der Waals surface area contributed by atoms with Crippen molar-refractivity contribution in [3.05, 3.63) is 0 Å². The summed E-state index contributed by atoms with van der Waals surface area (Å²) in [6.07, 6.45) is -0.661. The number of piperazine rings is 1. The van der Waals surface area contributed by atoms with Crippen LogP contribution in [-0.4, -0.2) is 49.1 Å². The number of esters is 1. The number of nitrogens with one attached hydrogen (secondary N) is 1. The first-order chi connectivity index (χ1) is 6.61. The highest BCUT2D eigenvalue weighted by atomic mass is 16.5. The molecule has 0 aromatic carbocycles. The van der Waals surface area contributed by atoms with E-state index in [1.807, 2.05) is 0 Å². The van der Waals surface area contributed by atoms with Crippen molar-refractivity contribution in [3.63, 3.8) is 0 Å². The zero-order chi connectivity index (χ0) is 10.6. The van der Waals surface area contributed by atoms with Crippen molar-refractivity contribution in [2.24, 2.45) is 0 Å². The van der Waals surface area contributed by atoms with Crippen LogP contribution in [0.1, 0.15) is 13.8 Å². The molecule has 5 heteroatoms. The van der Waals surface area contributed by atoms with Gasteiger partial charge in [0.15, 0.2) is 6.10 Å². The van der Waals surface area contributed by atoms with Crippen molar-refractivity contribution < 1.29 is 14.3 Å². The molecule has 1 saturated heterocycles. The molecule has 1 amide bonds. The largest absolute Gasteiger partial charge is 0.453 e. The summed E-state index contributed by atoms with van der Waals surface area (Å²) in [6, 6.07) is 0. The number of ether oxygens (including phenoxy) is 1. The minimum absolute atomic E-state index is 0.110. The molecule has 1 atom stereocenters. The fraction of sp³-hybridized carbons (Fsp3) is 0.778. The second kappa shape index (κ2) is 4.95. The second-order valence-corrected chi connectivity index (χ2v) is 3.33. The number of hydrogen-bond acceptors (Lipinski definition) is 4. The maximum atomic E-state index is 11.7. The average molecular weight is 200 g/mol. The van der Waals surface area contributed by atoms with Crippen LogP contribution in [0, 0.1) is 0 Å². The predicted octanol–water partition coefficient (Wildman–Crippen LogP) is -0.630. The third-order valence-corrected chi connectivity index (χ3v) is 2.12. The van der Waals surface area contributed by atoms with Gasteiger partial charge in [0.1, 0.15) is 0 Å². The monoisotopic (exact) mass is 200 g/mol. The highest BCUT2D eigenvalue weighted by molar-refractivity contribution is 5.83. The lowest BCUT2D eigenvalue weighted by Gasteiger charge is -2.29. The minimum Gasteiger partial charge on any atom is -0.453 e. The van der Waals surface area contributed by atoms with Gasteiger partial charge >= 0.3 is 5.97 Å². The van der Waals surface area contributed by atoms with Crippen LogP contribution in [0.25, 0.3) is 0 Å². The lowest BCUT2D eigenvalue weighted by atomic mass is 10.3. The van der Waals surface area contributed by atoms with Gasteiger partial charge in [-0.3, -0.25) is 9.59 Å². The maximum absolute atomic E-state index is 11.7. The van der Waals surface area contributed by atoms with Gasteiger partial charge < -0.3 is 15.0 Å². The first-order valence-corrected chi connectivity index (χ1v) is 4.78. The Kier molecular flexibility index (Phi) is 3.88. The summed E-state index contributed by atoms with van der Waals surface area (Å²) in [7, 11) is 0. The van der Waals surface area contributed by atoms with Gasteiger partial charge in [-0.25, -0.2) is 0 Å². The van der Waals surface area contributed by atoms with Gasteiger partial charge in [-0.15, -0.1) is 0 Å². The molecule has 1 rings (SSSR count). The molecule has 0 radical (unpaired) electrons. The van der Waals surface area contributed by atoms with E-state index in [4.69, 9.17) is 4.74 Å². The Balaban J connectivity index is 2.42. The van der Waals surface area contributed by atoms with E-state index in [-0.39, 0.29) is 5.91 Å². The van der Waals surface area contributed by atoms with Gasteiger partial charge in [0, 0.05) is 33.1 Å². The van der Waals surface area contributed by atoms with E-state index >= 15 is 0 Å². The molecule has 0 spiro atoms. The topological polar surface area (TPSA) is 58.6 Å². The summed E-state index contributed by atoms with van der Waals surface area (Å²) < 4.78 is 4.81. The van der Waals surface area contributed by atoms with Crippen molar-refractivity contribution in [3.8, 4) is 0 Å². The van der Waals surface area contributed by atoms with Gasteiger partial charge in [-0.05, 0) is 6.92 Å². The Morgan fingerprint density at radius 1 is 1.36 bits per heavy atom. The minimum atomic E-state index is -0.661. The molecule has 0 aromatic rings. The number of hydrogen-bond donors (Lipinski definition) is 1. The van der Waals surface area contributed by atoms with E-state index in [1.54, 1.807) is 11.8 Å². The van der Waals surface area contributed by atoms with Crippen molar-refractivity contribution in [1.82, 2.24) is 10.2 Å². The van der Waals surface area contributed by atoms with Crippen molar-refractivity contribution in [2.45, 2.75) is 20.0 Å². The zero-order valence-electron chi connectivity index (χ0n) is 8.58. The van der Waals surface area contributed by atoms with Crippen LogP contribution in [-0.2, 0) is 14.3 Å². The summed E-state index contributed by atoms with van der Waals surface area (Å²) in [6.45, 7) is 5.89. The molecule has 0 saturated carbocycles. The lowest BCUT2D eigenvalue weighted by molar-refractivity contribution is -0.157. The summed E-state index contributed by atoms with van der Waals surface area (Å²) in [5, 5.41) is 3.15. The SMILES string of the molecule is CC(=O)O[C@H](C)C(=O)N1CCNCC1. The van der Waals surface area contributed by atoms with Crippen molar-refractivity contribution in [2.75, 3.05) is 26.2 Å². The first-order valence-electron chi connectivity index (χ1n) is 4.78.